The second kappa shape index (κ2) is 8.77. The number of rotatable bonds is 9. The van der Waals surface area contributed by atoms with E-state index in [1.165, 1.54) is 0 Å². The number of hydrogen-bond acceptors (Lipinski definition) is 4. The van der Waals surface area contributed by atoms with Crippen LogP contribution >= 0.6 is 0 Å². The summed E-state index contributed by atoms with van der Waals surface area (Å²) in [5.74, 6) is 0.899. The van der Waals surface area contributed by atoms with Crippen molar-refractivity contribution >= 4 is 5.69 Å². The molecular weight excluding hydrogens is 240 g/mol. The predicted octanol–water partition coefficient (Wildman–Crippen LogP) is 2.46. The summed E-state index contributed by atoms with van der Waals surface area (Å²) in [6.45, 7) is 7.19. The Morgan fingerprint density at radius 2 is 2.11 bits per heavy atom. The van der Waals surface area contributed by atoms with Gasteiger partial charge in [0.1, 0.15) is 12.4 Å². The van der Waals surface area contributed by atoms with Crippen molar-refractivity contribution in [1.82, 2.24) is 4.90 Å². The van der Waals surface area contributed by atoms with E-state index >= 15 is 0 Å². The molecule has 1 aromatic carbocycles. The molecule has 0 saturated carbocycles. The van der Waals surface area contributed by atoms with Gasteiger partial charge in [-0.25, -0.2) is 0 Å². The third kappa shape index (κ3) is 7.03. The maximum Gasteiger partial charge on any atom is 0.121 e. The molecule has 0 aliphatic carbocycles. The van der Waals surface area contributed by atoms with E-state index in [1.807, 2.05) is 45.3 Å². The molecule has 1 N–H and O–H groups in total. The Hall–Kier alpha value is -1.26. The molecule has 1 atom stereocenters. The summed E-state index contributed by atoms with van der Waals surface area (Å²) in [5, 5.41) is 3.40. The number of likely N-dealkylation sites (N-methyl/N-ethyl adjacent to an activating group) is 1. The molecule has 1 aromatic rings. The number of nitrogens with zero attached hydrogens (tertiary/aromatic N) is 1. The average molecular weight is 266 g/mol. The van der Waals surface area contributed by atoms with Gasteiger partial charge in [0.25, 0.3) is 0 Å². The number of anilines is 1. The first kappa shape index (κ1) is 15.8. The Labute approximate surface area is 116 Å². The van der Waals surface area contributed by atoms with Crippen LogP contribution < -0.4 is 10.1 Å². The molecule has 1 rings (SSSR count). The lowest BCUT2D eigenvalue weighted by Gasteiger charge is -2.16. The van der Waals surface area contributed by atoms with Gasteiger partial charge in [-0.1, -0.05) is 6.07 Å². The minimum Gasteiger partial charge on any atom is -0.492 e. The maximum absolute atomic E-state index is 5.71. The molecule has 0 saturated heterocycles. The third-order valence-electron chi connectivity index (χ3n) is 2.63. The lowest BCUT2D eigenvalue weighted by atomic mass is 10.2. The van der Waals surface area contributed by atoms with Gasteiger partial charge in [-0.05, 0) is 40.1 Å². The van der Waals surface area contributed by atoms with E-state index in [-0.39, 0.29) is 6.04 Å². The molecule has 0 heterocycles. The maximum atomic E-state index is 5.71. The standard InChI is InChI=1S/C15H26N2O2/c1-5-18-12-13(2)16-14-7-6-8-15(11-14)19-10-9-17(3)4/h6-8,11,13,16H,5,9-10,12H2,1-4H3. The van der Waals surface area contributed by atoms with Crippen LogP contribution in [0.4, 0.5) is 5.69 Å². The Bertz CT molecular complexity index is 356. The van der Waals surface area contributed by atoms with Crippen molar-refractivity contribution in [1.29, 1.82) is 0 Å². The van der Waals surface area contributed by atoms with Gasteiger partial charge in [0.2, 0.25) is 0 Å². The van der Waals surface area contributed by atoms with Gasteiger partial charge < -0.3 is 19.7 Å². The summed E-state index contributed by atoms with van der Waals surface area (Å²) in [6.07, 6.45) is 0. The molecule has 108 valence electrons. The molecular formula is C15H26N2O2. The normalized spacial score (nSPS) is 12.5. The van der Waals surface area contributed by atoms with Crippen LogP contribution in [0.3, 0.4) is 0 Å². The van der Waals surface area contributed by atoms with Crippen LogP contribution in [0.15, 0.2) is 24.3 Å². The van der Waals surface area contributed by atoms with Gasteiger partial charge in [0, 0.05) is 30.9 Å². The fourth-order valence-electron chi connectivity index (χ4n) is 1.64. The summed E-state index contributed by atoms with van der Waals surface area (Å²) < 4.78 is 11.1. The second-order valence-electron chi connectivity index (χ2n) is 4.88. The molecule has 0 aliphatic heterocycles. The fourth-order valence-corrected chi connectivity index (χ4v) is 1.64. The smallest absolute Gasteiger partial charge is 0.121 e. The Kier molecular flexibility index (Phi) is 7.30. The highest BCUT2D eigenvalue weighted by molar-refractivity contribution is 5.48. The quantitative estimate of drug-likeness (QED) is 0.744. The van der Waals surface area contributed by atoms with Gasteiger partial charge in [0.05, 0.1) is 6.61 Å². The zero-order valence-corrected chi connectivity index (χ0v) is 12.5. The summed E-state index contributed by atoms with van der Waals surface area (Å²) in [4.78, 5) is 2.10. The first-order valence-corrected chi connectivity index (χ1v) is 6.83. The molecule has 4 heteroatoms. The van der Waals surface area contributed by atoms with Crippen LogP contribution in [0.2, 0.25) is 0 Å². The van der Waals surface area contributed by atoms with Gasteiger partial charge in [-0.15, -0.1) is 0 Å². The zero-order valence-electron chi connectivity index (χ0n) is 12.5. The highest BCUT2D eigenvalue weighted by Crippen LogP contribution is 2.18. The predicted molar refractivity (Wildman–Crippen MR) is 80.1 cm³/mol. The fraction of sp³-hybridized carbons (Fsp3) is 0.600. The topological polar surface area (TPSA) is 33.7 Å². The van der Waals surface area contributed by atoms with E-state index < -0.39 is 0 Å². The highest BCUT2D eigenvalue weighted by Gasteiger charge is 2.03. The molecule has 0 aliphatic rings. The monoisotopic (exact) mass is 266 g/mol. The van der Waals surface area contributed by atoms with Crippen molar-refractivity contribution < 1.29 is 9.47 Å². The van der Waals surface area contributed by atoms with E-state index in [0.29, 0.717) is 13.2 Å². The SMILES string of the molecule is CCOCC(C)Nc1cccc(OCCN(C)C)c1. The van der Waals surface area contributed by atoms with Gasteiger partial charge in [-0.3, -0.25) is 0 Å². The third-order valence-corrected chi connectivity index (χ3v) is 2.63. The molecule has 0 aromatic heterocycles. The highest BCUT2D eigenvalue weighted by atomic mass is 16.5. The van der Waals surface area contributed by atoms with E-state index in [0.717, 1.165) is 24.6 Å². The molecule has 0 radical (unpaired) electrons. The van der Waals surface area contributed by atoms with Crippen LogP contribution in [0.5, 0.6) is 5.75 Å². The van der Waals surface area contributed by atoms with Gasteiger partial charge in [-0.2, -0.15) is 0 Å². The van der Waals surface area contributed by atoms with E-state index in [2.05, 4.69) is 17.1 Å². The van der Waals surface area contributed by atoms with E-state index in [4.69, 9.17) is 9.47 Å². The molecule has 1 unspecified atom stereocenters. The largest absolute Gasteiger partial charge is 0.492 e. The van der Waals surface area contributed by atoms with E-state index in [1.54, 1.807) is 0 Å². The van der Waals surface area contributed by atoms with Crippen molar-refractivity contribution in [2.24, 2.45) is 0 Å². The van der Waals surface area contributed by atoms with Crippen molar-refractivity contribution in [3.63, 3.8) is 0 Å². The first-order valence-electron chi connectivity index (χ1n) is 6.83. The number of benzene rings is 1. The Morgan fingerprint density at radius 3 is 2.79 bits per heavy atom. The van der Waals surface area contributed by atoms with Crippen molar-refractivity contribution in [3.8, 4) is 5.75 Å². The summed E-state index contributed by atoms with van der Waals surface area (Å²) in [5.41, 5.74) is 1.06. The van der Waals surface area contributed by atoms with Crippen LogP contribution in [-0.4, -0.2) is 51.4 Å². The molecule has 0 spiro atoms. The molecule has 0 amide bonds. The van der Waals surface area contributed by atoms with Crippen LogP contribution in [-0.2, 0) is 4.74 Å². The minimum atomic E-state index is 0.289. The van der Waals surface area contributed by atoms with Crippen molar-refractivity contribution in [2.75, 3.05) is 45.8 Å². The Morgan fingerprint density at radius 1 is 1.32 bits per heavy atom. The van der Waals surface area contributed by atoms with Crippen LogP contribution in [0.25, 0.3) is 0 Å². The van der Waals surface area contributed by atoms with Gasteiger partial charge >= 0.3 is 0 Å². The summed E-state index contributed by atoms with van der Waals surface area (Å²) in [7, 11) is 4.08. The minimum absolute atomic E-state index is 0.289. The molecule has 4 nitrogen and oxygen atoms in total. The molecule has 0 fully saturated rings. The van der Waals surface area contributed by atoms with Crippen LogP contribution in [0, 0.1) is 0 Å². The van der Waals surface area contributed by atoms with Crippen molar-refractivity contribution in [2.45, 2.75) is 19.9 Å². The zero-order chi connectivity index (χ0) is 14.1. The Balaban J connectivity index is 2.42. The summed E-state index contributed by atoms with van der Waals surface area (Å²) >= 11 is 0. The first-order chi connectivity index (χ1) is 9.11. The van der Waals surface area contributed by atoms with Crippen molar-refractivity contribution in [3.05, 3.63) is 24.3 Å². The average Bonchev–Trinajstić information content (AvgIpc) is 2.36. The van der Waals surface area contributed by atoms with E-state index in [9.17, 15) is 0 Å². The molecule has 19 heavy (non-hydrogen) atoms. The lowest BCUT2D eigenvalue weighted by Crippen LogP contribution is -2.21. The van der Waals surface area contributed by atoms with Crippen LogP contribution in [0.1, 0.15) is 13.8 Å². The molecule has 0 bridgehead atoms. The lowest BCUT2D eigenvalue weighted by molar-refractivity contribution is 0.141. The van der Waals surface area contributed by atoms with Gasteiger partial charge in [0.15, 0.2) is 0 Å². The number of nitrogens with one attached hydrogen (secondary N) is 1. The summed E-state index contributed by atoms with van der Waals surface area (Å²) in [6, 6.07) is 8.34. The second-order valence-corrected chi connectivity index (χ2v) is 4.88. The number of hydrogen-bond donors (Lipinski definition) is 1. The number of ether oxygens (including phenoxy) is 2.